The number of benzene rings is 3. The smallest absolute Gasteiger partial charge is 0.335 e. The Balaban J connectivity index is 1.75. The minimum absolute atomic E-state index is 0.144. The summed E-state index contributed by atoms with van der Waals surface area (Å²) in [5.41, 5.74) is 1.44. The summed E-state index contributed by atoms with van der Waals surface area (Å²) in [6.07, 6.45) is 1.82. The minimum Gasteiger partial charge on any atom is -0.496 e. The van der Waals surface area contributed by atoms with Crippen LogP contribution in [0.5, 0.6) is 5.75 Å². The van der Waals surface area contributed by atoms with Gasteiger partial charge in [0.1, 0.15) is 5.75 Å². The number of rotatable bonds is 4. The van der Waals surface area contributed by atoms with Crippen molar-refractivity contribution in [3.8, 4) is 5.75 Å². The van der Waals surface area contributed by atoms with Gasteiger partial charge < -0.3 is 9.84 Å². The molecule has 30 heavy (non-hydrogen) atoms. The van der Waals surface area contributed by atoms with Gasteiger partial charge in [-0.1, -0.05) is 36.4 Å². The van der Waals surface area contributed by atoms with Crippen molar-refractivity contribution in [2.75, 3.05) is 14.2 Å². The summed E-state index contributed by atoms with van der Waals surface area (Å²) in [5, 5.41) is 11.7. The van der Waals surface area contributed by atoms with Crippen LogP contribution in [0.4, 0.5) is 5.69 Å². The van der Waals surface area contributed by atoms with Crippen molar-refractivity contribution >= 4 is 51.3 Å². The second-order valence-corrected chi connectivity index (χ2v) is 7.64. The van der Waals surface area contributed by atoms with E-state index < -0.39 is 5.97 Å². The number of carboxylic acid groups (broad SMARTS) is 1. The zero-order chi connectivity index (χ0) is 21.3. The van der Waals surface area contributed by atoms with Gasteiger partial charge in [-0.3, -0.25) is 9.69 Å². The normalized spacial score (nSPS) is 16.6. The largest absolute Gasteiger partial charge is 0.496 e. The molecule has 3 aromatic carbocycles. The average Bonchev–Trinajstić information content (AvgIpc) is 3.02. The van der Waals surface area contributed by atoms with Crippen molar-refractivity contribution < 1.29 is 19.4 Å². The molecule has 7 heteroatoms. The SMILES string of the molecule is COc1ccc2ccccc2c1C=C1SC(=Nc2cccc(C(=O)O)c2)N(C)C1=O. The number of methoxy groups -OCH3 is 1. The van der Waals surface area contributed by atoms with Gasteiger partial charge in [-0.15, -0.1) is 0 Å². The lowest BCUT2D eigenvalue weighted by Gasteiger charge is -2.09. The third-order valence-corrected chi connectivity index (χ3v) is 5.81. The summed E-state index contributed by atoms with van der Waals surface area (Å²) in [4.78, 5) is 30.5. The van der Waals surface area contributed by atoms with E-state index in [0.29, 0.717) is 21.5 Å². The Hall–Kier alpha value is -3.58. The van der Waals surface area contributed by atoms with E-state index >= 15 is 0 Å². The monoisotopic (exact) mass is 418 g/mol. The molecule has 6 nitrogen and oxygen atoms in total. The van der Waals surface area contributed by atoms with Gasteiger partial charge in [0, 0.05) is 12.6 Å². The zero-order valence-corrected chi connectivity index (χ0v) is 17.1. The highest BCUT2D eigenvalue weighted by Crippen LogP contribution is 2.37. The molecule has 0 radical (unpaired) electrons. The highest BCUT2D eigenvalue weighted by atomic mass is 32.2. The van der Waals surface area contributed by atoms with Gasteiger partial charge in [0.15, 0.2) is 5.17 Å². The maximum Gasteiger partial charge on any atom is 0.335 e. The van der Waals surface area contributed by atoms with Crippen LogP contribution in [0.25, 0.3) is 16.8 Å². The molecular weight excluding hydrogens is 400 g/mol. The molecule has 1 N–H and O–H groups in total. The van der Waals surface area contributed by atoms with Gasteiger partial charge in [0.25, 0.3) is 5.91 Å². The summed E-state index contributed by atoms with van der Waals surface area (Å²) in [5.74, 6) is -0.524. The van der Waals surface area contributed by atoms with Gasteiger partial charge in [0.05, 0.1) is 23.3 Å². The number of aliphatic imine (C=N–C) groups is 1. The molecule has 150 valence electrons. The number of ether oxygens (including phenoxy) is 1. The second kappa shape index (κ2) is 8.04. The van der Waals surface area contributed by atoms with Crippen LogP contribution in [0.1, 0.15) is 15.9 Å². The van der Waals surface area contributed by atoms with E-state index in [1.807, 2.05) is 42.5 Å². The Labute approximate surface area is 177 Å². The first-order valence-corrected chi connectivity index (χ1v) is 9.95. The van der Waals surface area contributed by atoms with E-state index in [-0.39, 0.29) is 11.5 Å². The van der Waals surface area contributed by atoms with E-state index in [1.165, 1.54) is 28.8 Å². The highest BCUT2D eigenvalue weighted by molar-refractivity contribution is 8.18. The van der Waals surface area contributed by atoms with E-state index in [9.17, 15) is 9.59 Å². The van der Waals surface area contributed by atoms with Crippen molar-refractivity contribution in [3.05, 3.63) is 76.7 Å². The number of carboxylic acids is 1. The first-order chi connectivity index (χ1) is 14.5. The molecule has 0 bridgehead atoms. The predicted molar refractivity (Wildman–Crippen MR) is 119 cm³/mol. The molecule has 0 unspecified atom stereocenters. The average molecular weight is 418 g/mol. The van der Waals surface area contributed by atoms with Gasteiger partial charge >= 0.3 is 5.97 Å². The number of hydrogen-bond donors (Lipinski definition) is 1. The fraction of sp³-hybridized carbons (Fsp3) is 0.0870. The van der Waals surface area contributed by atoms with Crippen molar-refractivity contribution in [1.29, 1.82) is 0 Å². The quantitative estimate of drug-likeness (QED) is 0.617. The van der Waals surface area contributed by atoms with Crippen LogP contribution >= 0.6 is 11.8 Å². The summed E-state index contributed by atoms with van der Waals surface area (Å²) < 4.78 is 5.52. The molecular formula is C23H18N2O4S. The molecule has 4 rings (SSSR count). The first kappa shape index (κ1) is 19.7. The van der Waals surface area contributed by atoms with Crippen molar-refractivity contribution in [2.24, 2.45) is 4.99 Å². The lowest BCUT2D eigenvalue weighted by molar-refractivity contribution is -0.121. The third kappa shape index (κ3) is 3.67. The lowest BCUT2D eigenvalue weighted by Crippen LogP contribution is -2.23. The Morgan fingerprint density at radius 2 is 1.93 bits per heavy atom. The molecule has 0 aliphatic carbocycles. The lowest BCUT2D eigenvalue weighted by atomic mass is 10.0. The zero-order valence-electron chi connectivity index (χ0n) is 16.3. The summed E-state index contributed by atoms with van der Waals surface area (Å²) in [6, 6.07) is 18.1. The summed E-state index contributed by atoms with van der Waals surface area (Å²) >= 11 is 1.24. The number of fused-ring (bicyclic) bond motifs is 1. The van der Waals surface area contributed by atoms with Crippen LogP contribution in [-0.2, 0) is 4.79 Å². The number of amidine groups is 1. The molecule has 1 saturated heterocycles. The third-order valence-electron chi connectivity index (χ3n) is 4.75. The first-order valence-electron chi connectivity index (χ1n) is 9.13. The van der Waals surface area contributed by atoms with E-state index in [2.05, 4.69) is 4.99 Å². The summed E-state index contributed by atoms with van der Waals surface area (Å²) in [6.45, 7) is 0. The standard InChI is InChI=1S/C23H18N2O4S/c1-25-21(26)20(30-23(25)24-16-8-5-7-15(12-16)22(27)28)13-18-17-9-4-3-6-14(17)10-11-19(18)29-2/h3-13H,1-2H3,(H,27,28). The van der Waals surface area contributed by atoms with E-state index in [4.69, 9.17) is 9.84 Å². The molecule has 1 fully saturated rings. The van der Waals surface area contributed by atoms with Crippen molar-refractivity contribution in [3.63, 3.8) is 0 Å². The molecule has 1 amide bonds. The second-order valence-electron chi connectivity index (χ2n) is 6.63. The van der Waals surface area contributed by atoms with Gasteiger partial charge in [0.2, 0.25) is 0 Å². The number of nitrogens with zero attached hydrogens (tertiary/aromatic N) is 2. The van der Waals surface area contributed by atoms with Crippen LogP contribution in [0, 0.1) is 0 Å². The number of thioether (sulfide) groups is 1. The fourth-order valence-electron chi connectivity index (χ4n) is 3.20. The van der Waals surface area contributed by atoms with Crippen LogP contribution in [0.3, 0.4) is 0 Å². The molecule has 0 spiro atoms. The molecule has 0 aromatic heterocycles. The molecule has 0 saturated carbocycles. The van der Waals surface area contributed by atoms with Crippen molar-refractivity contribution in [1.82, 2.24) is 4.90 Å². The molecule has 1 heterocycles. The van der Waals surface area contributed by atoms with Crippen molar-refractivity contribution in [2.45, 2.75) is 0 Å². The van der Waals surface area contributed by atoms with Crippen LogP contribution in [0.2, 0.25) is 0 Å². The predicted octanol–water partition coefficient (Wildman–Crippen LogP) is 4.78. The molecule has 1 aliphatic heterocycles. The Morgan fingerprint density at radius 1 is 1.13 bits per heavy atom. The number of hydrogen-bond acceptors (Lipinski definition) is 5. The number of carbonyl (C=O) groups excluding carboxylic acids is 1. The Bertz CT molecular complexity index is 1230. The van der Waals surface area contributed by atoms with Crippen LogP contribution < -0.4 is 4.74 Å². The molecule has 1 aliphatic rings. The van der Waals surface area contributed by atoms with Crippen LogP contribution in [-0.4, -0.2) is 41.2 Å². The Morgan fingerprint density at radius 3 is 2.70 bits per heavy atom. The minimum atomic E-state index is -1.02. The van der Waals surface area contributed by atoms with Gasteiger partial charge in [-0.25, -0.2) is 9.79 Å². The van der Waals surface area contributed by atoms with Gasteiger partial charge in [-0.05, 0) is 52.9 Å². The Kier molecular flexibility index (Phi) is 5.29. The van der Waals surface area contributed by atoms with E-state index in [1.54, 1.807) is 26.3 Å². The number of aromatic carboxylic acids is 1. The highest BCUT2D eigenvalue weighted by Gasteiger charge is 2.31. The fourth-order valence-corrected chi connectivity index (χ4v) is 4.17. The maximum atomic E-state index is 12.8. The number of amides is 1. The topological polar surface area (TPSA) is 79.2 Å². The molecule has 3 aromatic rings. The van der Waals surface area contributed by atoms with Crippen LogP contribution in [0.15, 0.2) is 70.6 Å². The summed E-state index contributed by atoms with van der Waals surface area (Å²) in [7, 11) is 3.25. The molecule has 0 atom stereocenters. The number of carbonyl (C=O) groups is 2. The van der Waals surface area contributed by atoms with Gasteiger partial charge in [-0.2, -0.15) is 0 Å². The van der Waals surface area contributed by atoms with E-state index in [0.717, 1.165) is 16.3 Å². The maximum absolute atomic E-state index is 12.8. The number of likely N-dealkylation sites (N-methyl/N-ethyl adjacent to an activating group) is 1.